The predicted octanol–water partition coefficient (Wildman–Crippen LogP) is 1.19. The lowest BCUT2D eigenvalue weighted by Gasteiger charge is -2.36. The van der Waals surface area contributed by atoms with E-state index >= 15 is 0 Å². The molecule has 0 saturated carbocycles. The lowest BCUT2D eigenvalue weighted by Crippen LogP contribution is -2.52. The maximum atomic E-state index is 12.9. The number of hydrogen-bond acceptors (Lipinski definition) is 6. The number of piperidine rings is 3. The molecule has 31 heavy (non-hydrogen) atoms. The van der Waals surface area contributed by atoms with Crippen molar-refractivity contribution in [3.05, 3.63) is 29.3 Å². The quantitative estimate of drug-likeness (QED) is 0.703. The average molecular weight is 427 g/mol. The number of carbonyl (C=O) groups excluding carboxylic acids is 3. The molecular formula is C23H30N4O4. The van der Waals surface area contributed by atoms with Gasteiger partial charge in [-0.3, -0.25) is 19.7 Å². The molecule has 8 heteroatoms. The first-order valence-electron chi connectivity index (χ1n) is 11.5. The fraction of sp³-hybridized carbons (Fsp3) is 0.609. The normalized spacial score (nSPS) is 25.7. The number of benzene rings is 1. The van der Waals surface area contributed by atoms with Gasteiger partial charge in [-0.15, -0.1) is 0 Å². The molecule has 2 N–H and O–H groups in total. The van der Waals surface area contributed by atoms with Gasteiger partial charge in [0.25, 0.3) is 5.91 Å². The Labute approximate surface area is 182 Å². The summed E-state index contributed by atoms with van der Waals surface area (Å²) < 4.78 is 6.32. The minimum Gasteiger partial charge on any atom is -0.375 e. The summed E-state index contributed by atoms with van der Waals surface area (Å²) in [5, 5.41) is 5.73. The van der Waals surface area contributed by atoms with Crippen molar-refractivity contribution >= 4 is 23.4 Å². The van der Waals surface area contributed by atoms with Crippen LogP contribution in [0.15, 0.2) is 18.2 Å². The lowest BCUT2D eigenvalue weighted by molar-refractivity contribution is -0.136. The van der Waals surface area contributed by atoms with E-state index in [9.17, 15) is 14.4 Å². The van der Waals surface area contributed by atoms with Crippen LogP contribution in [-0.2, 0) is 20.9 Å². The molecule has 3 fully saturated rings. The SMILES string of the molecule is O=C1CC[C@H](N2Cc3cc(N4CCC(OC5CCNCC5)CC4)ccc3C2=O)C(=O)N1. The van der Waals surface area contributed by atoms with E-state index in [-0.39, 0.29) is 24.1 Å². The van der Waals surface area contributed by atoms with Crippen LogP contribution in [0.5, 0.6) is 0 Å². The van der Waals surface area contributed by atoms with Gasteiger partial charge < -0.3 is 19.9 Å². The van der Waals surface area contributed by atoms with Gasteiger partial charge in [-0.05, 0) is 69.0 Å². The fourth-order valence-electron chi connectivity index (χ4n) is 5.21. The highest BCUT2D eigenvalue weighted by Crippen LogP contribution is 2.32. The molecule has 0 unspecified atom stereocenters. The van der Waals surface area contributed by atoms with Gasteiger partial charge in [0, 0.05) is 37.3 Å². The van der Waals surface area contributed by atoms with Gasteiger partial charge in [0.15, 0.2) is 0 Å². The highest BCUT2D eigenvalue weighted by Gasteiger charge is 2.39. The molecule has 0 spiro atoms. The molecule has 5 rings (SSSR count). The Balaban J connectivity index is 1.21. The molecule has 8 nitrogen and oxygen atoms in total. The van der Waals surface area contributed by atoms with Crippen LogP contribution in [0.2, 0.25) is 0 Å². The maximum absolute atomic E-state index is 12.9. The molecule has 0 bridgehead atoms. The Morgan fingerprint density at radius 1 is 0.935 bits per heavy atom. The Morgan fingerprint density at radius 3 is 2.42 bits per heavy atom. The number of nitrogens with zero attached hydrogens (tertiary/aromatic N) is 2. The number of hydrogen-bond donors (Lipinski definition) is 2. The van der Waals surface area contributed by atoms with Crippen LogP contribution in [0.3, 0.4) is 0 Å². The molecule has 1 aromatic carbocycles. The Kier molecular flexibility index (Phi) is 5.67. The van der Waals surface area contributed by atoms with Crippen LogP contribution in [-0.4, -0.2) is 67.1 Å². The van der Waals surface area contributed by atoms with E-state index in [0.717, 1.165) is 63.1 Å². The smallest absolute Gasteiger partial charge is 0.255 e. The monoisotopic (exact) mass is 426 g/mol. The van der Waals surface area contributed by atoms with Crippen molar-refractivity contribution in [1.82, 2.24) is 15.5 Å². The van der Waals surface area contributed by atoms with Crippen LogP contribution < -0.4 is 15.5 Å². The Morgan fingerprint density at radius 2 is 1.68 bits per heavy atom. The molecule has 3 amide bonds. The minimum absolute atomic E-state index is 0.120. The van der Waals surface area contributed by atoms with Crippen LogP contribution in [0.1, 0.15) is 54.4 Å². The first kappa shape index (κ1) is 20.5. The summed E-state index contributed by atoms with van der Waals surface area (Å²) in [5.41, 5.74) is 2.75. The summed E-state index contributed by atoms with van der Waals surface area (Å²) in [5.74, 6) is -0.751. The highest BCUT2D eigenvalue weighted by molar-refractivity contribution is 6.05. The zero-order chi connectivity index (χ0) is 21.4. The molecule has 0 aromatic heterocycles. The summed E-state index contributed by atoms with van der Waals surface area (Å²) in [4.78, 5) is 40.5. The largest absolute Gasteiger partial charge is 0.375 e. The molecule has 4 heterocycles. The second-order valence-corrected chi connectivity index (χ2v) is 9.01. The van der Waals surface area contributed by atoms with Gasteiger partial charge >= 0.3 is 0 Å². The number of nitrogens with one attached hydrogen (secondary N) is 2. The van der Waals surface area contributed by atoms with E-state index in [0.29, 0.717) is 30.7 Å². The molecule has 4 aliphatic heterocycles. The standard InChI is InChI=1S/C23H30N4O4/c28-21-4-3-20(22(29)25-21)27-14-15-13-16(1-2-19(15)23(27)30)26-11-7-18(8-12-26)31-17-5-9-24-10-6-17/h1-2,13,17-18,20,24H,3-12,14H2,(H,25,28,29)/t20-/m0/s1. The van der Waals surface area contributed by atoms with Crippen LogP contribution in [0.4, 0.5) is 5.69 Å². The zero-order valence-corrected chi connectivity index (χ0v) is 17.8. The van der Waals surface area contributed by atoms with E-state index in [1.54, 1.807) is 4.90 Å². The van der Waals surface area contributed by atoms with Crippen molar-refractivity contribution in [2.45, 2.75) is 63.3 Å². The number of imide groups is 1. The summed E-state index contributed by atoms with van der Waals surface area (Å²) in [6.45, 7) is 4.41. The maximum Gasteiger partial charge on any atom is 0.255 e. The third-order valence-electron chi connectivity index (χ3n) is 6.99. The van der Waals surface area contributed by atoms with Crippen LogP contribution in [0, 0.1) is 0 Å². The molecular weight excluding hydrogens is 396 g/mol. The van der Waals surface area contributed by atoms with E-state index in [1.165, 1.54) is 0 Å². The van der Waals surface area contributed by atoms with Crippen molar-refractivity contribution in [3.63, 3.8) is 0 Å². The second kappa shape index (κ2) is 8.59. The van der Waals surface area contributed by atoms with Crippen molar-refractivity contribution in [1.29, 1.82) is 0 Å². The van der Waals surface area contributed by atoms with Gasteiger partial charge in [0.05, 0.1) is 12.2 Å². The molecule has 0 aliphatic carbocycles. The summed E-state index contributed by atoms with van der Waals surface area (Å²) >= 11 is 0. The number of fused-ring (bicyclic) bond motifs is 1. The number of amides is 3. The molecule has 1 atom stereocenters. The van der Waals surface area contributed by atoms with Gasteiger partial charge in [-0.2, -0.15) is 0 Å². The van der Waals surface area contributed by atoms with Crippen molar-refractivity contribution < 1.29 is 19.1 Å². The number of anilines is 1. The Bertz CT molecular complexity index is 874. The molecule has 166 valence electrons. The van der Waals surface area contributed by atoms with Gasteiger partial charge in [-0.1, -0.05) is 0 Å². The van der Waals surface area contributed by atoms with Gasteiger partial charge in [0.2, 0.25) is 11.8 Å². The predicted molar refractivity (Wildman–Crippen MR) is 115 cm³/mol. The molecule has 3 saturated heterocycles. The fourth-order valence-corrected chi connectivity index (χ4v) is 5.21. The number of rotatable bonds is 4. The Hall–Kier alpha value is -2.45. The van der Waals surface area contributed by atoms with Crippen LogP contribution in [0.25, 0.3) is 0 Å². The van der Waals surface area contributed by atoms with Crippen LogP contribution >= 0.6 is 0 Å². The van der Waals surface area contributed by atoms with E-state index in [1.807, 2.05) is 12.1 Å². The highest BCUT2D eigenvalue weighted by atomic mass is 16.5. The van der Waals surface area contributed by atoms with E-state index < -0.39 is 6.04 Å². The molecule has 0 radical (unpaired) electrons. The number of carbonyl (C=O) groups is 3. The molecule has 1 aromatic rings. The third-order valence-corrected chi connectivity index (χ3v) is 6.99. The summed E-state index contributed by atoms with van der Waals surface area (Å²) in [7, 11) is 0. The van der Waals surface area contributed by atoms with Gasteiger partial charge in [-0.25, -0.2) is 0 Å². The first-order valence-corrected chi connectivity index (χ1v) is 11.5. The van der Waals surface area contributed by atoms with Crippen molar-refractivity contribution in [3.8, 4) is 0 Å². The number of ether oxygens (including phenoxy) is 1. The van der Waals surface area contributed by atoms with E-state index in [2.05, 4.69) is 21.6 Å². The van der Waals surface area contributed by atoms with Gasteiger partial charge in [0.1, 0.15) is 6.04 Å². The molecule has 4 aliphatic rings. The van der Waals surface area contributed by atoms with E-state index in [4.69, 9.17) is 4.74 Å². The third kappa shape index (κ3) is 4.19. The average Bonchev–Trinajstić information content (AvgIpc) is 3.10. The lowest BCUT2D eigenvalue weighted by atomic mass is 10.0. The van der Waals surface area contributed by atoms with Crippen molar-refractivity contribution in [2.24, 2.45) is 0 Å². The zero-order valence-electron chi connectivity index (χ0n) is 17.8. The minimum atomic E-state index is -0.566. The summed E-state index contributed by atoms with van der Waals surface area (Å²) in [6, 6.07) is 5.42. The van der Waals surface area contributed by atoms with Crippen molar-refractivity contribution in [2.75, 3.05) is 31.1 Å². The first-order chi connectivity index (χ1) is 15.1. The summed E-state index contributed by atoms with van der Waals surface area (Å²) in [6.07, 6.45) is 5.62. The second-order valence-electron chi connectivity index (χ2n) is 9.01. The topological polar surface area (TPSA) is 91.0 Å².